The van der Waals surface area contributed by atoms with Gasteiger partial charge >= 0.3 is 6.18 Å². The molecule has 0 bridgehead atoms. The molecule has 2 aromatic heterocycles. The maximum atomic E-state index is 13.4. The topological polar surface area (TPSA) is 101 Å². The molecule has 3 heterocycles. The maximum absolute atomic E-state index is 13.4. The molecule has 6 rings (SSSR count). The third-order valence-electron chi connectivity index (χ3n) is 7.97. The molecule has 3 N–H and O–H groups in total. The van der Waals surface area contributed by atoms with E-state index in [4.69, 9.17) is 9.72 Å². The van der Waals surface area contributed by atoms with Crippen molar-refractivity contribution in [3.63, 3.8) is 0 Å². The zero-order valence-electron chi connectivity index (χ0n) is 23.1. The van der Waals surface area contributed by atoms with Gasteiger partial charge in [0, 0.05) is 47.9 Å². The summed E-state index contributed by atoms with van der Waals surface area (Å²) in [7, 11) is 0. The first-order valence-electron chi connectivity index (χ1n) is 14.0. The van der Waals surface area contributed by atoms with Crippen molar-refractivity contribution in [1.29, 1.82) is 0 Å². The molecule has 1 saturated carbocycles. The van der Waals surface area contributed by atoms with Crippen LogP contribution in [0.4, 0.5) is 24.8 Å². The lowest BCUT2D eigenvalue weighted by Gasteiger charge is -2.23. The number of carbonyl (C=O) groups excluding carboxylic acids is 1. The number of anilines is 2. The van der Waals surface area contributed by atoms with E-state index in [0.717, 1.165) is 31.5 Å². The summed E-state index contributed by atoms with van der Waals surface area (Å²) in [6, 6.07) is 14.7. The normalized spacial score (nSPS) is 18.0. The van der Waals surface area contributed by atoms with Gasteiger partial charge in [-0.05, 0) is 69.0 Å². The summed E-state index contributed by atoms with van der Waals surface area (Å²) in [6.07, 6.45) is 0.417. The van der Waals surface area contributed by atoms with Crippen LogP contribution in [-0.2, 0) is 4.79 Å². The summed E-state index contributed by atoms with van der Waals surface area (Å²) in [4.78, 5) is 26.3. The summed E-state index contributed by atoms with van der Waals surface area (Å²) in [5, 5.41) is 10.8. The van der Waals surface area contributed by atoms with Crippen molar-refractivity contribution in [3.8, 4) is 22.9 Å². The summed E-state index contributed by atoms with van der Waals surface area (Å²) in [6.45, 7) is 3.75. The van der Waals surface area contributed by atoms with E-state index in [-0.39, 0.29) is 18.9 Å². The molecule has 2 aromatic carbocycles. The molecular weight excluding hydrogens is 545 g/mol. The Kier molecular flexibility index (Phi) is 7.44. The monoisotopic (exact) mass is 576 g/mol. The fraction of sp³-hybridized carbons (Fsp3) is 0.355. The fourth-order valence-electron chi connectivity index (χ4n) is 5.40. The smallest absolute Gasteiger partial charge is 0.395 e. The minimum atomic E-state index is -4.39. The number of amides is 1. The molecule has 0 unspecified atom stereocenters. The molecule has 11 heteroatoms. The van der Waals surface area contributed by atoms with Gasteiger partial charge in [-0.3, -0.25) is 4.79 Å². The van der Waals surface area contributed by atoms with Crippen LogP contribution in [0.5, 0.6) is 11.6 Å². The van der Waals surface area contributed by atoms with E-state index in [1.54, 1.807) is 36.7 Å². The Bertz CT molecular complexity index is 1620. The van der Waals surface area contributed by atoms with Crippen LogP contribution in [0.3, 0.4) is 0 Å². The summed E-state index contributed by atoms with van der Waals surface area (Å²) >= 11 is 0. The number of nitrogens with one attached hydrogen (secondary N) is 3. The number of hydrogen-bond donors (Lipinski definition) is 3. The van der Waals surface area contributed by atoms with Crippen LogP contribution < -0.4 is 20.7 Å². The number of ether oxygens (including phenoxy) is 1. The van der Waals surface area contributed by atoms with Crippen LogP contribution in [0.25, 0.3) is 22.0 Å². The van der Waals surface area contributed by atoms with E-state index in [0.29, 0.717) is 45.3 Å². The Labute approximate surface area is 241 Å². The number of halogens is 3. The molecule has 1 aliphatic heterocycles. The highest BCUT2D eigenvalue weighted by Gasteiger charge is 2.63. The number of aromatic nitrogens is 3. The van der Waals surface area contributed by atoms with Crippen molar-refractivity contribution in [2.24, 2.45) is 5.41 Å². The maximum Gasteiger partial charge on any atom is 0.395 e. The fourth-order valence-corrected chi connectivity index (χ4v) is 5.40. The molecule has 0 radical (unpaired) electrons. The van der Waals surface area contributed by atoms with Gasteiger partial charge in [-0.25, -0.2) is 15.0 Å². The van der Waals surface area contributed by atoms with Crippen molar-refractivity contribution in [1.82, 2.24) is 20.3 Å². The molecule has 1 amide bonds. The first kappa shape index (κ1) is 27.9. The number of hydrogen-bond acceptors (Lipinski definition) is 7. The zero-order valence-corrected chi connectivity index (χ0v) is 23.1. The summed E-state index contributed by atoms with van der Waals surface area (Å²) in [5.41, 5.74) is 0.652. The van der Waals surface area contributed by atoms with Crippen LogP contribution in [0.2, 0.25) is 0 Å². The molecular formula is C31H31F3N6O2. The minimum absolute atomic E-state index is 0.0231. The number of carbonyl (C=O) groups is 1. The summed E-state index contributed by atoms with van der Waals surface area (Å²) in [5.74, 6) is 0.728. The van der Waals surface area contributed by atoms with E-state index >= 15 is 0 Å². The number of pyridine rings is 1. The van der Waals surface area contributed by atoms with Crippen molar-refractivity contribution in [2.45, 2.75) is 51.2 Å². The van der Waals surface area contributed by atoms with Gasteiger partial charge in [-0.15, -0.1) is 0 Å². The lowest BCUT2D eigenvalue weighted by atomic mass is 10.0. The first-order valence-corrected chi connectivity index (χ1v) is 14.0. The molecule has 8 nitrogen and oxygen atoms in total. The van der Waals surface area contributed by atoms with Gasteiger partial charge in [0.05, 0.1) is 16.7 Å². The van der Waals surface area contributed by atoms with Crippen LogP contribution in [0, 0.1) is 12.3 Å². The Balaban J connectivity index is 1.27. The molecule has 1 atom stereocenters. The Morgan fingerprint density at radius 2 is 1.93 bits per heavy atom. The van der Waals surface area contributed by atoms with Crippen molar-refractivity contribution >= 4 is 28.3 Å². The quantitative estimate of drug-likeness (QED) is 0.217. The van der Waals surface area contributed by atoms with Crippen LogP contribution in [0.1, 0.15) is 37.7 Å². The van der Waals surface area contributed by atoms with E-state index in [9.17, 15) is 18.0 Å². The van der Waals surface area contributed by atoms with E-state index in [1.807, 2.05) is 31.2 Å². The largest absolute Gasteiger partial charge is 0.437 e. The lowest BCUT2D eigenvalue weighted by molar-refractivity contribution is -0.189. The third kappa shape index (κ3) is 5.74. The standard InChI is InChI=1S/C31H31F3N6O2/c1-19-9-10-21-22(6-2-8-24(21)39-26(41)17-30(12-13-30)31(32,33)34)27(19)42-28-23(7-4-15-36-28)25-11-16-37-29(40-25)38-20-5-3-14-35-18-20/h2,4,6-11,15-16,20,35H,3,5,12-14,17-18H2,1H3,(H,39,41)(H,37,38,40)/t20-/m0/s1. The van der Waals surface area contributed by atoms with Gasteiger partial charge in [0.2, 0.25) is 17.7 Å². The lowest BCUT2D eigenvalue weighted by Crippen LogP contribution is -2.38. The predicted molar refractivity (Wildman–Crippen MR) is 155 cm³/mol. The average molecular weight is 577 g/mol. The van der Waals surface area contributed by atoms with E-state index in [1.165, 1.54) is 0 Å². The molecule has 2 aliphatic rings. The molecule has 4 aromatic rings. The Hall–Kier alpha value is -4.25. The molecule has 2 fully saturated rings. The summed E-state index contributed by atoms with van der Waals surface area (Å²) < 4.78 is 46.7. The number of rotatable bonds is 8. The van der Waals surface area contributed by atoms with Crippen molar-refractivity contribution < 1.29 is 22.7 Å². The predicted octanol–water partition coefficient (Wildman–Crippen LogP) is 6.63. The van der Waals surface area contributed by atoms with Gasteiger partial charge in [-0.2, -0.15) is 13.2 Å². The third-order valence-corrected chi connectivity index (χ3v) is 7.97. The second-order valence-electron chi connectivity index (χ2n) is 11.0. The van der Waals surface area contributed by atoms with Crippen LogP contribution in [-0.4, -0.2) is 46.2 Å². The second kappa shape index (κ2) is 11.2. The van der Waals surface area contributed by atoms with E-state index in [2.05, 4.69) is 25.9 Å². The van der Waals surface area contributed by atoms with Crippen LogP contribution in [0.15, 0.2) is 60.9 Å². The van der Waals surface area contributed by atoms with Crippen LogP contribution >= 0.6 is 0 Å². The number of piperidine rings is 1. The van der Waals surface area contributed by atoms with Gasteiger partial charge in [0.1, 0.15) is 5.75 Å². The number of fused-ring (bicyclic) bond motifs is 1. The number of aryl methyl sites for hydroxylation is 1. The SMILES string of the molecule is Cc1ccc2c(NC(=O)CC3(C(F)(F)F)CC3)cccc2c1Oc1ncccc1-c1ccnc(N[C@H]2CCCNC2)n1. The zero-order chi connectivity index (χ0) is 29.3. The number of alkyl halides is 3. The molecule has 1 saturated heterocycles. The minimum Gasteiger partial charge on any atom is -0.437 e. The molecule has 218 valence electrons. The molecule has 42 heavy (non-hydrogen) atoms. The van der Waals surface area contributed by atoms with Gasteiger partial charge in [0.25, 0.3) is 0 Å². The number of nitrogens with zero attached hydrogens (tertiary/aromatic N) is 3. The molecule has 0 spiro atoms. The Morgan fingerprint density at radius 1 is 1.07 bits per heavy atom. The van der Waals surface area contributed by atoms with Gasteiger partial charge in [-0.1, -0.05) is 24.3 Å². The van der Waals surface area contributed by atoms with E-state index < -0.39 is 23.9 Å². The highest BCUT2D eigenvalue weighted by molar-refractivity contribution is 6.04. The first-order chi connectivity index (χ1) is 20.2. The van der Waals surface area contributed by atoms with Gasteiger partial charge < -0.3 is 20.7 Å². The highest BCUT2D eigenvalue weighted by Crippen LogP contribution is 2.60. The van der Waals surface area contributed by atoms with Crippen molar-refractivity contribution in [2.75, 3.05) is 23.7 Å². The second-order valence-corrected chi connectivity index (χ2v) is 11.0. The average Bonchev–Trinajstić information content (AvgIpc) is 3.76. The molecule has 1 aliphatic carbocycles. The Morgan fingerprint density at radius 3 is 2.69 bits per heavy atom. The van der Waals surface area contributed by atoms with Crippen molar-refractivity contribution in [3.05, 3.63) is 66.5 Å². The highest BCUT2D eigenvalue weighted by atomic mass is 19.4. The number of benzene rings is 2. The van der Waals surface area contributed by atoms with Gasteiger partial charge in [0.15, 0.2) is 0 Å².